The molecule has 17 nitrogen and oxygen atoms in total. The molecule has 0 aromatic carbocycles. The Kier molecular flexibility index (Phi) is 11.0. The van der Waals surface area contributed by atoms with Crippen molar-refractivity contribution in [1.29, 1.82) is 0 Å². The van der Waals surface area contributed by atoms with Crippen LogP contribution in [-0.4, -0.2) is 104 Å². The predicted molar refractivity (Wildman–Crippen MR) is 190 cm³/mol. The number of hydrogen-bond acceptors (Lipinski definition) is 12. The summed E-state index contributed by atoms with van der Waals surface area (Å²) in [7, 11) is -12.7. The fourth-order valence-corrected chi connectivity index (χ4v) is 15.2. The Bertz CT molecular complexity index is 1680. The molecule has 4 aliphatic carbocycles. The van der Waals surface area contributed by atoms with Crippen molar-refractivity contribution in [3.05, 3.63) is 10.6 Å². The smallest absolute Gasteiger partial charge is 0.632 e. The van der Waals surface area contributed by atoms with E-state index in [0.717, 1.165) is 25.7 Å². The molecule has 5 aliphatic heterocycles. The fourth-order valence-electron chi connectivity index (χ4n) is 12.5. The van der Waals surface area contributed by atoms with Crippen molar-refractivity contribution in [3.63, 3.8) is 0 Å². The zero-order valence-electron chi connectivity index (χ0n) is 29.8. The van der Waals surface area contributed by atoms with E-state index in [0.29, 0.717) is 63.2 Å². The molecule has 5 saturated heterocycles. The fraction of sp³-hybridized carbons (Fsp3) is 1.00. The van der Waals surface area contributed by atoms with Crippen molar-refractivity contribution in [2.75, 3.05) is 0 Å². The van der Waals surface area contributed by atoms with Crippen molar-refractivity contribution in [2.45, 2.75) is 149 Å². The van der Waals surface area contributed by atoms with Gasteiger partial charge in [-0.3, -0.25) is 24.3 Å². The molecule has 9 fully saturated rings. The molecule has 19 atom stereocenters. The third-order valence-corrected chi connectivity index (χ3v) is 18.8. The van der Waals surface area contributed by atoms with Gasteiger partial charge in [0.15, 0.2) is 0 Å². The maximum atomic E-state index is 12.4. The van der Waals surface area contributed by atoms with E-state index in [1.165, 1.54) is 0 Å². The maximum Gasteiger partial charge on any atom is 2.00 e. The van der Waals surface area contributed by atoms with Crippen LogP contribution in [0.5, 0.6) is 0 Å². The van der Waals surface area contributed by atoms with E-state index < -0.39 is 52.3 Å². The summed E-state index contributed by atoms with van der Waals surface area (Å²) in [6.45, 7) is 0. The average molecular weight is 856 g/mol. The number of nitrogens with zero attached hydrogens (tertiary/aromatic N) is 2. The third kappa shape index (κ3) is 7.47. The molecule has 8 bridgehead atoms. The van der Waals surface area contributed by atoms with Gasteiger partial charge in [0, 0.05) is 0 Å². The van der Waals surface area contributed by atoms with E-state index in [-0.39, 0.29) is 105 Å². The molecule has 19 unspecified atom stereocenters. The average Bonchev–Trinajstić information content (AvgIpc) is 3.82. The second kappa shape index (κ2) is 14.7. The quantitative estimate of drug-likeness (QED) is 0.140. The number of hydrogen-bond donors (Lipinski definition) is 9. The molecule has 9 rings (SSSR count). The van der Waals surface area contributed by atoms with Crippen molar-refractivity contribution >= 4 is 30.4 Å². The molecular formula is C32H54N8O9S3Zn. The Balaban J connectivity index is 0.00000400. The maximum absolute atomic E-state index is 12.4. The first kappa shape index (κ1) is 39.8. The van der Waals surface area contributed by atoms with E-state index in [2.05, 4.69) is 31.9 Å². The SMILES string of the molecule is O=S(=O)(O)C1CCC2C3[N-]C(NC4NC(NC5[N-]C(NC6NC(N3)C3CC(S(=O)(=O)O)CCC63)C3CC(S(=O)(=O)O)CCC53)C3CCCCC43)C2C1.[Zn+2]. The van der Waals surface area contributed by atoms with Crippen LogP contribution in [0, 0.1) is 47.3 Å². The Labute approximate surface area is 325 Å². The summed E-state index contributed by atoms with van der Waals surface area (Å²) < 4.78 is 105. The molecule has 53 heavy (non-hydrogen) atoms. The van der Waals surface area contributed by atoms with Crippen LogP contribution in [0.15, 0.2) is 0 Å². The molecule has 0 radical (unpaired) electrons. The molecule has 0 aromatic heterocycles. The van der Waals surface area contributed by atoms with E-state index in [9.17, 15) is 38.9 Å². The summed E-state index contributed by atoms with van der Waals surface area (Å²) in [6.07, 6.45) is 5.62. The molecule has 21 heteroatoms. The molecule has 5 heterocycles. The van der Waals surface area contributed by atoms with Crippen molar-refractivity contribution in [3.8, 4) is 0 Å². The minimum atomic E-state index is -4.27. The summed E-state index contributed by atoms with van der Waals surface area (Å²) in [5.74, 6) is 0.189. The van der Waals surface area contributed by atoms with Crippen LogP contribution < -0.4 is 31.9 Å². The number of fused-ring (bicyclic) bond motifs is 20. The van der Waals surface area contributed by atoms with Gasteiger partial charge in [-0.1, -0.05) is 37.5 Å². The first-order valence-corrected chi connectivity index (χ1v) is 24.0. The van der Waals surface area contributed by atoms with E-state index >= 15 is 0 Å². The zero-order valence-corrected chi connectivity index (χ0v) is 35.2. The summed E-state index contributed by atoms with van der Waals surface area (Å²) in [5, 5.41) is 30.8. The van der Waals surface area contributed by atoms with Crippen LogP contribution in [0.4, 0.5) is 0 Å². The minimum absolute atomic E-state index is 0. The topological polar surface area (TPSA) is 263 Å². The van der Waals surface area contributed by atoms with Crippen LogP contribution in [0.25, 0.3) is 10.6 Å². The van der Waals surface area contributed by atoms with Crippen molar-refractivity contribution in [2.24, 2.45) is 47.3 Å². The normalized spacial score (nSPS) is 51.3. The van der Waals surface area contributed by atoms with Gasteiger partial charge in [0.1, 0.15) is 0 Å². The molecular weight excluding hydrogens is 802 g/mol. The zero-order chi connectivity index (χ0) is 36.3. The van der Waals surface area contributed by atoms with Gasteiger partial charge < -0.3 is 31.9 Å². The minimum Gasteiger partial charge on any atom is -0.632 e. The Morgan fingerprint density at radius 3 is 1.06 bits per heavy atom. The standard InChI is InChI=1S/C32H54N8O9S3.Zn/c41-50(42,43)14-5-8-19-22(11-14)31-36-27(19)34-25-17-3-1-2-4-18(17)26(33-25)35-30-23-12-15(51(44,45)46)6-9-20(23)28(37-30)39-32-24-13-16(52(47,48)49)7-10-21(24)29(38-31)40-32;/h14-35,38-40H,1-13H2,(H,41,42,43)(H,44,45,46)(H,47,48,49);/q-2;+2. The molecule has 9 N–H and O–H groups in total. The van der Waals surface area contributed by atoms with Gasteiger partial charge in [0.2, 0.25) is 0 Å². The number of rotatable bonds is 3. The van der Waals surface area contributed by atoms with Gasteiger partial charge in [-0.05, 0) is 118 Å². The van der Waals surface area contributed by atoms with Gasteiger partial charge in [-0.2, -0.15) is 25.3 Å². The van der Waals surface area contributed by atoms with Crippen LogP contribution >= 0.6 is 0 Å². The van der Waals surface area contributed by atoms with Crippen LogP contribution in [0.2, 0.25) is 0 Å². The predicted octanol–water partition coefficient (Wildman–Crippen LogP) is 0.770. The Hall–Kier alpha value is 0.0334. The largest absolute Gasteiger partial charge is 2.00 e. The molecule has 0 spiro atoms. The van der Waals surface area contributed by atoms with Gasteiger partial charge in [0.05, 0.1) is 40.4 Å². The molecule has 0 aromatic rings. The Morgan fingerprint density at radius 1 is 0.377 bits per heavy atom. The third-order valence-electron chi connectivity index (χ3n) is 15.0. The van der Waals surface area contributed by atoms with Crippen molar-refractivity contribution in [1.82, 2.24) is 31.9 Å². The van der Waals surface area contributed by atoms with E-state index in [4.69, 9.17) is 10.6 Å². The van der Waals surface area contributed by atoms with E-state index in [1.54, 1.807) is 0 Å². The molecule has 4 saturated carbocycles. The van der Waals surface area contributed by atoms with Gasteiger partial charge >= 0.3 is 19.5 Å². The monoisotopic (exact) mass is 854 g/mol. The van der Waals surface area contributed by atoms with Crippen LogP contribution in [0.3, 0.4) is 0 Å². The van der Waals surface area contributed by atoms with Crippen LogP contribution in [-0.2, 0) is 49.8 Å². The van der Waals surface area contributed by atoms with Crippen LogP contribution in [0.1, 0.15) is 83.5 Å². The summed E-state index contributed by atoms with van der Waals surface area (Å²) in [6, 6.07) is 0. The summed E-state index contributed by atoms with van der Waals surface area (Å²) >= 11 is 0. The summed E-state index contributed by atoms with van der Waals surface area (Å²) in [4.78, 5) is 0. The second-order valence-corrected chi connectivity index (χ2v) is 22.5. The number of nitrogens with one attached hydrogen (secondary N) is 6. The molecule has 9 aliphatic rings. The first-order chi connectivity index (χ1) is 24.6. The van der Waals surface area contributed by atoms with Crippen molar-refractivity contribution < 1.29 is 58.4 Å². The van der Waals surface area contributed by atoms with Gasteiger partial charge in [0.25, 0.3) is 30.4 Å². The Morgan fingerprint density at radius 2 is 0.679 bits per heavy atom. The summed E-state index contributed by atoms with van der Waals surface area (Å²) in [5.41, 5.74) is 0. The molecule has 0 amide bonds. The van der Waals surface area contributed by atoms with Gasteiger partial charge in [-0.25, -0.2) is 0 Å². The van der Waals surface area contributed by atoms with Gasteiger partial charge in [-0.15, -0.1) is 0 Å². The second-order valence-electron chi connectivity index (χ2n) is 17.4. The first-order valence-electron chi connectivity index (χ1n) is 19.5. The van der Waals surface area contributed by atoms with E-state index in [1.807, 2.05) is 0 Å². The molecule has 296 valence electrons.